The first-order chi connectivity index (χ1) is 9.79. The van der Waals surface area contributed by atoms with Crippen LogP contribution in [0.2, 0.25) is 0 Å². The van der Waals surface area contributed by atoms with Crippen LogP contribution in [-0.4, -0.2) is 38.4 Å². The van der Waals surface area contributed by atoms with E-state index in [-0.39, 0.29) is 22.2 Å². The number of carbonyl (C=O) groups is 1. The topological polar surface area (TPSA) is 89.7 Å². The van der Waals surface area contributed by atoms with E-state index in [0.717, 1.165) is 0 Å². The van der Waals surface area contributed by atoms with Crippen molar-refractivity contribution >= 4 is 21.7 Å². The average Bonchev–Trinajstić information content (AvgIpc) is 2.46. The summed E-state index contributed by atoms with van der Waals surface area (Å²) in [6, 6.07) is 3.97. The second-order valence-electron chi connectivity index (χ2n) is 4.71. The van der Waals surface area contributed by atoms with E-state index in [1.54, 1.807) is 6.92 Å². The first-order valence-electron chi connectivity index (χ1n) is 6.79. The Morgan fingerprint density at radius 3 is 2.48 bits per heavy atom. The first kappa shape index (κ1) is 17.5. The van der Waals surface area contributed by atoms with Gasteiger partial charge < -0.3 is 10.5 Å². The van der Waals surface area contributed by atoms with E-state index in [9.17, 15) is 13.2 Å². The number of benzene rings is 1. The van der Waals surface area contributed by atoms with Gasteiger partial charge in [-0.15, -0.1) is 0 Å². The molecule has 6 nitrogen and oxygen atoms in total. The van der Waals surface area contributed by atoms with Crippen molar-refractivity contribution in [1.82, 2.24) is 4.31 Å². The van der Waals surface area contributed by atoms with Gasteiger partial charge in [0.25, 0.3) is 0 Å². The highest BCUT2D eigenvalue weighted by Crippen LogP contribution is 2.25. The summed E-state index contributed by atoms with van der Waals surface area (Å²) in [7, 11) is -2.61. The molecule has 118 valence electrons. The molecule has 0 radical (unpaired) electrons. The van der Waals surface area contributed by atoms with Crippen molar-refractivity contribution in [2.45, 2.75) is 38.1 Å². The fourth-order valence-corrected chi connectivity index (χ4v) is 4.01. The number of carbonyl (C=O) groups excluding carboxylic acids is 1. The van der Waals surface area contributed by atoms with Gasteiger partial charge in [-0.2, -0.15) is 4.31 Å². The molecular weight excluding hydrogens is 292 g/mol. The van der Waals surface area contributed by atoms with Crippen LogP contribution in [0.4, 0.5) is 5.69 Å². The lowest BCUT2D eigenvalue weighted by molar-refractivity contribution is 0.0596. The summed E-state index contributed by atoms with van der Waals surface area (Å²) in [5.41, 5.74) is 5.95. The maximum absolute atomic E-state index is 12.8. The molecule has 0 heterocycles. The molecule has 0 amide bonds. The number of hydrogen-bond acceptors (Lipinski definition) is 5. The van der Waals surface area contributed by atoms with E-state index in [1.165, 1.54) is 29.6 Å². The molecule has 1 atom stereocenters. The van der Waals surface area contributed by atoms with Gasteiger partial charge in [-0.3, -0.25) is 0 Å². The zero-order chi connectivity index (χ0) is 16.2. The molecule has 0 aliphatic heterocycles. The Balaban J connectivity index is 3.49. The van der Waals surface area contributed by atoms with Crippen molar-refractivity contribution in [3.8, 4) is 0 Å². The SMILES string of the molecule is CCC(C)N(CC)S(=O)(=O)c1cc(N)ccc1C(=O)OC. The van der Waals surface area contributed by atoms with E-state index in [1.807, 2.05) is 13.8 Å². The number of nitrogen functional groups attached to an aromatic ring is 1. The lowest BCUT2D eigenvalue weighted by Gasteiger charge is -2.27. The molecule has 0 aliphatic carbocycles. The van der Waals surface area contributed by atoms with Crippen LogP contribution >= 0.6 is 0 Å². The van der Waals surface area contributed by atoms with Gasteiger partial charge in [0.15, 0.2) is 0 Å². The number of anilines is 1. The summed E-state index contributed by atoms with van der Waals surface area (Å²) in [4.78, 5) is 11.7. The average molecular weight is 314 g/mol. The number of rotatable bonds is 6. The predicted octanol–water partition coefficient (Wildman–Crippen LogP) is 1.86. The molecule has 1 aromatic rings. The van der Waals surface area contributed by atoms with Crippen molar-refractivity contribution in [2.75, 3.05) is 19.4 Å². The number of hydrogen-bond donors (Lipinski definition) is 1. The van der Waals surface area contributed by atoms with Gasteiger partial charge in [0.2, 0.25) is 10.0 Å². The number of nitrogens with zero attached hydrogens (tertiary/aromatic N) is 1. The third-order valence-corrected chi connectivity index (χ3v) is 5.52. The van der Waals surface area contributed by atoms with Crippen molar-refractivity contribution in [1.29, 1.82) is 0 Å². The Labute approximate surface area is 125 Å². The van der Waals surface area contributed by atoms with E-state index < -0.39 is 16.0 Å². The summed E-state index contributed by atoms with van der Waals surface area (Å²) in [5, 5.41) is 0. The highest BCUT2D eigenvalue weighted by Gasteiger charge is 2.31. The summed E-state index contributed by atoms with van der Waals surface area (Å²) in [6.07, 6.45) is 0.670. The Morgan fingerprint density at radius 1 is 1.38 bits per heavy atom. The van der Waals surface area contributed by atoms with Crippen molar-refractivity contribution < 1.29 is 17.9 Å². The van der Waals surface area contributed by atoms with Gasteiger partial charge in [0, 0.05) is 18.3 Å². The Morgan fingerprint density at radius 2 is 2.00 bits per heavy atom. The number of nitrogens with two attached hydrogens (primary N) is 1. The minimum atomic E-state index is -3.82. The number of esters is 1. The Bertz CT molecular complexity index is 613. The van der Waals surface area contributed by atoms with Crippen LogP contribution in [0.15, 0.2) is 23.1 Å². The zero-order valence-corrected chi connectivity index (χ0v) is 13.6. The lowest BCUT2D eigenvalue weighted by atomic mass is 10.2. The number of ether oxygens (including phenoxy) is 1. The van der Waals surface area contributed by atoms with Crippen molar-refractivity contribution in [2.24, 2.45) is 0 Å². The molecule has 7 heteroatoms. The second-order valence-corrected chi connectivity index (χ2v) is 6.57. The van der Waals surface area contributed by atoms with Gasteiger partial charge >= 0.3 is 5.97 Å². The summed E-state index contributed by atoms with van der Waals surface area (Å²) >= 11 is 0. The fourth-order valence-electron chi connectivity index (χ4n) is 2.08. The number of sulfonamides is 1. The van der Waals surface area contributed by atoms with Crippen molar-refractivity contribution in [3.63, 3.8) is 0 Å². The van der Waals surface area contributed by atoms with Crippen LogP contribution in [0, 0.1) is 0 Å². The summed E-state index contributed by atoms with van der Waals surface area (Å²) < 4.78 is 31.6. The van der Waals surface area contributed by atoms with E-state index in [4.69, 9.17) is 5.73 Å². The summed E-state index contributed by atoms with van der Waals surface area (Å²) in [6.45, 7) is 5.80. The van der Waals surface area contributed by atoms with Gasteiger partial charge in [0.05, 0.1) is 17.6 Å². The molecule has 21 heavy (non-hydrogen) atoms. The Hall–Kier alpha value is -1.60. The van der Waals surface area contributed by atoms with Crippen LogP contribution in [0.5, 0.6) is 0 Å². The first-order valence-corrected chi connectivity index (χ1v) is 8.23. The minimum absolute atomic E-state index is 0.00606. The largest absolute Gasteiger partial charge is 0.465 e. The molecule has 0 bridgehead atoms. The molecule has 0 saturated carbocycles. The molecule has 0 aliphatic rings. The zero-order valence-electron chi connectivity index (χ0n) is 12.8. The molecule has 0 fully saturated rings. The standard InChI is InChI=1S/C14H22N2O4S/c1-5-10(3)16(6-2)21(18,19)13-9-11(15)7-8-12(13)14(17)20-4/h7-10H,5-6,15H2,1-4H3. The highest BCUT2D eigenvalue weighted by molar-refractivity contribution is 7.89. The predicted molar refractivity (Wildman–Crippen MR) is 81.5 cm³/mol. The van der Waals surface area contributed by atoms with Crippen LogP contribution in [0.1, 0.15) is 37.6 Å². The smallest absolute Gasteiger partial charge is 0.339 e. The maximum Gasteiger partial charge on any atom is 0.339 e. The van der Waals surface area contributed by atoms with Crippen molar-refractivity contribution in [3.05, 3.63) is 23.8 Å². The molecule has 1 unspecified atom stereocenters. The van der Waals surface area contributed by atoms with E-state index in [0.29, 0.717) is 13.0 Å². The van der Waals surface area contributed by atoms with Gasteiger partial charge in [-0.05, 0) is 31.5 Å². The van der Waals surface area contributed by atoms with Gasteiger partial charge in [-0.1, -0.05) is 13.8 Å². The number of methoxy groups -OCH3 is 1. The lowest BCUT2D eigenvalue weighted by Crippen LogP contribution is -2.38. The van der Waals surface area contributed by atoms with E-state index in [2.05, 4.69) is 4.74 Å². The highest BCUT2D eigenvalue weighted by atomic mass is 32.2. The monoisotopic (exact) mass is 314 g/mol. The molecule has 0 aromatic heterocycles. The molecule has 1 rings (SSSR count). The molecule has 0 saturated heterocycles. The van der Waals surface area contributed by atoms with Crippen LogP contribution in [0.3, 0.4) is 0 Å². The maximum atomic E-state index is 12.8. The third kappa shape index (κ3) is 3.54. The quantitative estimate of drug-likeness (QED) is 0.639. The Kier molecular flexibility index (Phi) is 5.74. The third-order valence-electron chi connectivity index (χ3n) is 3.39. The minimum Gasteiger partial charge on any atom is -0.465 e. The van der Waals surface area contributed by atoms with E-state index >= 15 is 0 Å². The summed E-state index contributed by atoms with van der Waals surface area (Å²) in [5.74, 6) is -0.700. The van der Waals surface area contributed by atoms with Crippen LogP contribution < -0.4 is 5.73 Å². The molecule has 0 spiro atoms. The normalized spacial score (nSPS) is 13.2. The molecule has 2 N–H and O–H groups in total. The molecule has 1 aromatic carbocycles. The van der Waals surface area contributed by atoms with Crippen LogP contribution in [-0.2, 0) is 14.8 Å². The van der Waals surface area contributed by atoms with Crippen LogP contribution in [0.25, 0.3) is 0 Å². The van der Waals surface area contributed by atoms with Gasteiger partial charge in [0.1, 0.15) is 0 Å². The van der Waals surface area contributed by atoms with Gasteiger partial charge in [-0.25, -0.2) is 13.2 Å². The fraction of sp³-hybridized carbons (Fsp3) is 0.500. The second kappa shape index (κ2) is 6.91. The molecular formula is C14H22N2O4S.